The molecule has 1 aliphatic heterocycles. The van der Waals surface area contributed by atoms with E-state index in [1.54, 1.807) is 26.3 Å². The first kappa shape index (κ1) is 22.4. The van der Waals surface area contributed by atoms with E-state index in [1.807, 2.05) is 48.5 Å². The minimum Gasteiger partial charge on any atom is -0.496 e. The van der Waals surface area contributed by atoms with Gasteiger partial charge in [0.05, 0.1) is 19.1 Å². The van der Waals surface area contributed by atoms with Gasteiger partial charge in [-0.05, 0) is 41.5 Å². The summed E-state index contributed by atoms with van der Waals surface area (Å²) in [6, 6.07) is 23.9. The van der Waals surface area contributed by atoms with E-state index < -0.39 is 0 Å². The molecule has 0 radical (unpaired) electrons. The van der Waals surface area contributed by atoms with Crippen LogP contribution in [0.3, 0.4) is 0 Å². The molecule has 0 atom stereocenters. The molecular formula is C27H27N3O3. The maximum Gasteiger partial charge on any atom is 0.251 e. The number of rotatable bonds is 8. The second kappa shape index (κ2) is 10.2. The molecule has 1 fully saturated rings. The molecule has 0 aromatic heterocycles. The van der Waals surface area contributed by atoms with Crippen LogP contribution in [0.4, 0.5) is 0 Å². The number of methoxy groups -OCH3 is 1. The predicted octanol–water partition coefficient (Wildman–Crippen LogP) is 4.26. The lowest BCUT2D eigenvalue weighted by atomic mass is 9.98. The molecule has 0 aliphatic carbocycles. The molecule has 1 saturated heterocycles. The van der Waals surface area contributed by atoms with Crippen LogP contribution in [0, 0.1) is 17.2 Å². The summed E-state index contributed by atoms with van der Waals surface area (Å²) in [5.74, 6) is 1.62. The van der Waals surface area contributed by atoms with Gasteiger partial charge < -0.3 is 14.8 Å². The van der Waals surface area contributed by atoms with Gasteiger partial charge in [0, 0.05) is 43.4 Å². The van der Waals surface area contributed by atoms with E-state index in [2.05, 4.69) is 22.4 Å². The first-order valence-electron chi connectivity index (χ1n) is 10.9. The van der Waals surface area contributed by atoms with E-state index in [0.29, 0.717) is 18.7 Å². The molecule has 6 heteroatoms. The highest BCUT2D eigenvalue weighted by molar-refractivity contribution is 5.93. The number of para-hydroxylation sites is 1. The molecule has 0 saturated carbocycles. The third-order valence-corrected chi connectivity index (χ3v) is 5.85. The second-order valence-corrected chi connectivity index (χ2v) is 8.11. The molecule has 1 amide bonds. The van der Waals surface area contributed by atoms with Crippen molar-refractivity contribution in [2.24, 2.45) is 5.92 Å². The molecule has 168 valence electrons. The Hall–Kier alpha value is -3.82. The van der Waals surface area contributed by atoms with Gasteiger partial charge in [-0.25, -0.2) is 0 Å². The van der Waals surface area contributed by atoms with Gasteiger partial charge in [-0.2, -0.15) is 5.26 Å². The van der Waals surface area contributed by atoms with Gasteiger partial charge >= 0.3 is 0 Å². The summed E-state index contributed by atoms with van der Waals surface area (Å²) >= 11 is 0. The van der Waals surface area contributed by atoms with E-state index in [9.17, 15) is 4.79 Å². The predicted molar refractivity (Wildman–Crippen MR) is 127 cm³/mol. The Morgan fingerprint density at radius 1 is 1.09 bits per heavy atom. The van der Waals surface area contributed by atoms with Crippen molar-refractivity contribution in [3.8, 4) is 28.7 Å². The molecule has 1 heterocycles. The Morgan fingerprint density at radius 2 is 1.85 bits per heavy atom. The van der Waals surface area contributed by atoms with Crippen molar-refractivity contribution in [2.75, 3.05) is 27.2 Å². The molecule has 6 nitrogen and oxygen atoms in total. The quantitative estimate of drug-likeness (QED) is 0.566. The van der Waals surface area contributed by atoms with Crippen molar-refractivity contribution in [1.82, 2.24) is 10.2 Å². The SMILES string of the molecule is CNC(=O)c1ccc(COc2ccc(-c3ccccc3OC)cc2CN2CC(C#N)C2)cc1. The topological polar surface area (TPSA) is 74.6 Å². The summed E-state index contributed by atoms with van der Waals surface area (Å²) in [7, 11) is 3.29. The van der Waals surface area contributed by atoms with Crippen LogP contribution in [-0.4, -0.2) is 38.1 Å². The van der Waals surface area contributed by atoms with Crippen molar-refractivity contribution < 1.29 is 14.3 Å². The third kappa shape index (κ3) is 5.16. The van der Waals surface area contributed by atoms with Gasteiger partial charge in [0.25, 0.3) is 5.91 Å². The van der Waals surface area contributed by atoms with E-state index in [4.69, 9.17) is 14.7 Å². The first-order chi connectivity index (χ1) is 16.1. The summed E-state index contributed by atoms with van der Waals surface area (Å²) in [5.41, 5.74) is 4.75. The molecule has 1 N–H and O–H groups in total. The van der Waals surface area contributed by atoms with Crippen molar-refractivity contribution in [3.05, 3.63) is 83.4 Å². The summed E-state index contributed by atoms with van der Waals surface area (Å²) in [6.07, 6.45) is 0. The zero-order valence-electron chi connectivity index (χ0n) is 18.9. The lowest BCUT2D eigenvalue weighted by Gasteiger charge is -2.35. The van der Waals surface area contributed by atoms with E-state index in [-0.39, 0.29) is 11.8 Å². The molecule has 3 aromatic rings. The maximum absolute atomic E-state index is 11.7. The van der Waals surface area contributed by atoms with E-state index in [0.717, 1.165) is 46.8 Å². The molecule has 0 bridgehead atoms. The van der Waals surface area contributed by atoms with Crippen LogP contribution in [0.15, 0.2) is 66.7 Å². The van der Waals surface area contributed by atoms with Gasteiger partial charge in [-0.1, -0.05) is 36.4 Å². The Labute approximate surface area is 194 Å². The molecule has 33 heavy (non-hydrogen) atoms. The fraction of sp³-hybridized carbons (Fsp3) is 0.259. The van der Waals surface area contributed by atoms with Crippen molar-refractivity contribution in [3.63, 3.8) is 0 Å². The minimum absolute atomic E-state index is 0.102. The van der Waals surface area contributed by atoms with Crippen LogP contribution < -0.4 is 14.8 Å². The fourth-order valence-electron chi connectivity index (χ4n) is 3.97. The number of benzene rings is 3. The zero-order valence-corrected chi connectivity index (χ0v) is 18.9. The summed E-state index contributed by atoms with van der Waals surface area (Å²) in [6.45, 7) is 2.66. The highest BCUT2D eigenvalue weighted by atomic mass is 16.5. The Bertz CT molecular complexity index is 1160. The van der Waals surface area contributed by atoms with Crippen LogP contribution in [0.1, 0.15) is 21.5 Å². The number of amides is 1. The standard InChI is InChI=1S/C27H27N3O3/c1-29-27(31)21-9-7-19(8-10-21)18-33-25-12-11-22(24-5-3-4-6-26(24)32-2)13-23(25)17-30-15-20(14-28)16-30/h3-13,20H,15-18H2,1-2H3,(H,29,31). The van der Waals surface area contributed by atoms with Gasteiger partial charge in [0.1, 0.15) is 18.1 Å². The van der Waals surface area contributed by atoms with Crippen LogP contribution in [0.25, 0.3) is 11.1 Å². The minimum atomic E-state index is -0.109. The fourth-order valence-corrected chi connectivity index (χ4v) is 3.97. The highest BCUT2D eigenvalue weighted by Crippen LogP contribution is 2.34. The highest BCUT2D eigenvalue weighted by Gasteiger charge is 2.27. The number of hydrogen-bond acceptors (Lipinski definition) is 5. The Morgan fingerprint density at radius 3 is 2.55 bits per heavy atom. The van der Waals surface area contributed by atoms with Gasteiger partial charge in [-0.3, -0.25) is 9.69 Å². The summed E-state index contributed by atoms with van der Waals surface area (Å²) in [4.78, 5) is 14.0. The van der Waals surface area contributed by atoms with Gasteiger partial charge in [0.2, 0.25) is 0 Å². The Balaban J connectivity index is 1.55. The zero-order chi connectivity index (χ0) is 23.2. The van der Waals surface area contributed by atoms with E-state index >= 15 is 0 Å². The maximum atomic E-state index is 11.7. The number of carbonyl (C=O) groups is 1. The largest absolute Gasteiger partial charge is 0.496 e. The number of carbonyl (C=O) groups excluding carboxylic acids is 1. The van der Waals surface area contributed by atoms with Crippen LogP contribution >= 0.6 is 0 Å². The average molecular weight is 442 g/mol. The Kier molecular flexibility index (Phi) is 6.92. The van der Waals surface area contributed by atoms with Crippen LogP contribution in [-0.2, 0) is 13.2 Å². The average Bonchev–Trinajstić information content (AvgIpc) is 2.84. The van der Waals surface area contributed by atoms with E-state index in [1.165, 1.54) is 0 Å². The van der Waals surface area contributed by atoms with Crippen LogP contribution in [0.2, 0.25) is 0 Å². The third-order valence-electron chi connectivity index (χ3n) is 5.85. The summed E-state index contributed by atoms with van der Waals surface area (Å²) < 4.78 is 11.7. The number of ether oxygens (including phenoxy) is 2. The number of nitrogens with zero attached hydrogens (tertiary/aromatic N) is 2. The number of likely N-dealkylation sites (tertiary alicyclic amines) is 1. The van der Waals surface area contributed by atoms with Crippen molar-refractivity contribution in [1.29, 1.82) is 5.26 Å². The second-order valence-electron chi connectivity index (χ2n) is 8.11. The molecule has 1 aliphatic rings. The number of nitriles is 1. The molecule has 4 rings (SSSR count). The molecule has 0 unspecified atom stereocenters. The lowest BCUT2D eigenvalue weighted by molar-refractivity contribution is 0.0963. The van der Waals surface area contributed by atoms with Crippen molar-refractivity contribution in [2.45, 2.75) is 13.2 Å². The molecule has 3 aromatic carbocycles. The smallest absolute Gasteiger partial charge is 0.251 e. The summed E-state index contributed by atoms with van der Waals surface area (Å²) in [5, 5.41) is 11.7. The van der Waals surface area contributed by atoms with Gasteiger partial charge in [0.15, 0.2) is 0 Å². The lowest BCUT2D eigenvalue weighted by Crippen LogP contribution is -2.45. The molecular weight excluding hydrogens is 414 g/mol. The first-order valence-corrected chi connectivity index (χ1v) is 10.9. The number of nitrogens with one attached hydrogen (secondary N) is 1. The molecule has 0 spiro atoms. The van der Waals surface area contributed by atoms with Crippen molar-refractivity contribution >= 4 is 5.91 Å². The normalized spacial score (nSPS) is 13.6. The monoisotopic (exact) mass is 441 g/mol. The van der Waals surface area contributed by atoms with Gasteiger partial charge in [-0.15, -0.1) is 0 Å². The van der Waals surface area contributed by atoms with Crippen LogP contribution in [0.5, 0.6) is 11.5 Å². The number of hydrogen-bond donors (Lipinski definition) is 1.